The molecule has 0 aliphatic carbocycles. The van der Waals surface area contributed by atoms with Gasteiger partial charge in [0, 0.05) is 23.7 Å². The summed E-state index contributed by atoms with van der Waals surface area (Å²) in [7, 11) is 0. The van der Waals surface area contributed by atoms with Gasteiger partial charge in [0.1, 0.15) is 0 Å². The zero-order valence-corrected chi connectivity index (χ0v) is 11.6. The molecule has 96 valence electrons. The van der Waals surface area contributed by atoms with Gasteiger partial charge in [0.2, 0.25) is 0 Å². The minimum absolute atomic E-state index is 0. The Morgan fingerprint density at radius 2 is 2.24 bits per heavy atom. The van der Waals surface area contributed by atoms with Gasteiger partial charge >= 0.3 is 0 Å². The van der Waals surface area contributed by atoms with Crippen molar-refractivity contribution in [2.75, 3.05) is 18.8 Å². The van der Waals surface area contributed by atoms with Crippen molar-refractivity contribution in [3.8, 4) is 0 Å². The maximum atomic E-state index is 8.19. The van der Waals surface area contributed by atoms with E-state index in [2.05, 4.69) is 31.3 Å². The molecule has 1 atom stereocenters. The number of thioether (sulfide) groups is 1. The minimum atomic E-state index is 0. The molecule has 2 heterocycles. The second-order valence-electron chi connectivity index (χ2n) is 5.13. The Bertz CT molecular complexity index is 357. The van der Waals surface area contributed by atoms with Gasteiger partial charge in [-0.05, 0) is 50.4 Å². The van der Waals surface area contributed by atoms with Gasteiger partial charge in [-0.15, -0.1) is 11.8 Å². The maximum absolute atomic E-state index is 8.19. The second kappa shape index (κ2) is 5.87. The molecule has 0 amide bonds. The maximum Gasteiger partial charge on any atom is 0.0348 e. The van der Waals surface area contributed by atoms with E-state index in [4.69, 9.17) is 5.41 Å². The molecule has 0 aromatic carbocycles. The second-order valence-corrected chi connectivity index (χ2v) is 6.19. The normalized spacial score (nSPS) is 27.1. The van der Waals surface area contributed by atoms with Crippen LogP contribution >= 0.6 is 11.8 Å². The molecular weight excluding hydrogens is 228 g/mol. The summed E-state index contributed by atoms with van der Waals surface area (Å²) in [5.74, 6) is 2.35. The van der Waals surface area contributed by atoms with Gasteiger partial charge in [-0.25, -0.2) is 0 Å². The van der Waals surface area contributed by atoms with Crippen molar-refractivity contribution in [1.29, 1.82) is 5.41 Å². The first-order valence-corrected chi connectivity index (χ1v) is 7.48. The van der Waals surface area contributed by atoms with E-state index < -0.39 is 0 Å². The van der Waals surface area contributed by atoms with Crippen molar-refractivity contribution < 1.29 is 1.43 Å². The van der Waals surface area contributed by atoms with Crippen molar-refractivity contribution in [3.05, 3.63) is 22.6 Å². The third-order valence-electron chi connectivity index (χ3n) is 3.48. The molecular formula is C14H24N2S. The van der Waals surface area contributed by atoms with E-state index >= 15 is 0 Å². The average Bonchev–Trinajstić information content (AvgIpc) is 2.77. The Hall–Kier alpha value is -0.540. The molecule has 0 aromatic rings. The molecule has 1 fully saturated rings. The quantitative estimate of drug-likeness (QED) is 0.755. The largest absolute Gasteiger partial charge is 0.317 e. The first-order valence-electron chi connectivity index (χ1n) is 6.49. The standard InChI is InChI=1S/C14H22N2S.H2/c1-10-7-14(17-9-10)11(2)8-13(15)12-3-5-16-6-4-12;/h7-8,10,12,15-16H,3-6,9H2,1-2H3;1H/b11-8+,15-13?;. The van der Waals surface area contributed by atoms with Crippen LogP contribution in [0.1, 0.15) is 28.1 Å². The van der Waals surface area contributed by atoms with Crippen LogP contribution in [0.4, 0.5) is 0 Å². The Balaban J connectivity index is 0.00000162. The number of hydrogen-bond donors (Lipinski definition) is 2. The molecule has 1 saturated heterocycles. The van der Waals surface area contributed by atoms with E-state index in [0.717, 1.165) is 31.6 Å². The molecule has 0 saturated carbocycles. The molecule has 2 N–H and O–H groups in total. The Labute approximate surface area is 110 Å². The summed E-state index contributed by atoms with van der Waals surface area (Å²) in [4.78, 5) is 1.39. The van der Waals surface area contributed by atoms with Crippen LogP contribution in [0.2, 0.25) is 0 Å². The smallest absolute Gasteiger partial charge is 0.0348 e. The molecule has 1 unspecified atom stereocenters. The zero-order chi connectivity index (χ0) is 12.3. The molecule has 0 spiro atoms. The van der Waals surface area contributed by atoms with Crippen LogP contribution in [0.5, 0.6) is 0 Å². The molecule has 0 aromatic heterocycles. The highest BCUT2D eigenvalue weighted by atomic mass is 32.2. The number of piperidine rings is 1. The Morgan fingerprint density at radius 3 is 2.82 bits per heavy atom. The minimum Gasteiger partial charge on any atom is -0.317 e. The summed E-state index contributed by atoms with van der Waals surface area (Å²) in [6, 6.07) is 0. The fourth-order valence-electron chi connectivity index (χ4n) is 2.38. The summed E-state index contributed by atoms with van der Waals surface area (Å²) in [5, 5.41) is 11.5. The summed E-state index contributed by atoms with van der Waals surface area (Å²) in [5.41, 5.74) is 2.10. The molecule has 2 rings (SSSR count). The van der Waals surface area contributed by atoms with E-state index in [1.807, 2.05) is 11.8 Å². The van der Waals surface area contributed by atoms with Gasteiger partial charge in [-0.1, -0.05) is 13.0 Å². The van der Waals surface area contributed by atoms with E-state index in [1.165, 1.54) is 16.2 Å². The van der Waals surface area contributed by atoms with E-state index in [9.17, 15) is 0 Å². The van der Waals surface area contributed by atoms with Crippen molar-refractivity contribution >= 4 is 17.5 Å². The average molecular weight is 252 g/mol. The van der Waals surface area contributed by atoms with Gasteiger partial charge in [0.05, 0.1) is 0 Å². The van der Waals surface area contributed by atoms with Gasteiger partial charge < -0.3 is 10.7 Å². The van der Waals surface area contributed by atoms with Crippen LogP contribution in [-0.2, 0) is 0 Å². The van der Waals surface area contributed by atoms with E-state index in [1.54, 1.807) is 0 Å². The zero-order valence-electron chi connectivity index (χ0n) is 10.8. The molecule has 17 heavy (non-hydrogen) atoms. The number of nitrogens with one attached hydrogen (secondary N) is 2. The van der Waals surface area contributed by atoms with Crippen LogP contribution in [0.25, 0.3) is 0 Å². The van der Waals surface area contributed by atoms with Gasteiger partial charge in [-0.2, -0.15) is 0 Å². The number of rotatable bonds is 3. The SMILES string of the molecule is C/C(=C\C(=N)C1CCNCC1)C1=CC(C)CS1.[HH]. The predicted octanol–water partition coefficient (Wildman–Crippen LogP) is 3.46. The highest BCUT2D eigenvalue weighted by Crippen LogP contribution is 2.34. The summed E-state index contributed by atoms with van der Waals surface area (Å²) in [6.07, 6.45) is 6.66. The topological polar surface area (TPSA) is 35.9 Å². The van der Waals surface area contributed by atoms with Crippen LogP contribution in [0.15, 0.2) is 22.6 Å². The van der Waals surface area contributed by atoms with Crippen LogP contribution in [-0.4, -0.2) is 24.6 Å². The lowest BCUT2D eigenvalue weighted by molar-refractivity contribution is 0.456. The number of allylic oxidation sites excluding steroid dienone is 3. The molecule has 2 nitrogen and oxygen atoms in total. The van der Waals surface area contributed by atoms with E-state index in [-0.39, 0.29) is 1.43 Å². The highest BCUT2D eigenvalue weighted by molar-refractivity contribution is 8.03. The molecule has 2 aliphatic heterocycles. The predicted molar refractivity (Wildman–Crippen MR) is 78.9 cm³/mol. The fraction of sp³-hybridized carbons (Fsp3) is 0.643. The first-order chi connectivity index (χ1) is 8.16. The van der Waals surface area contributed by atoms with Crippen molar-refractivity contribution in [1.82, 2.24) is 5.32 Å². The molecule has 2 aliphatic rings. The Kier molecular flexibility index (Phi) is 4.46. The van der Waals surface area contributed by atoms with Crippen molar-refractivity contribution in [3.63, 3.8) is 0 Å². The lowest BCUT2D eigenvalue weighted by atomic mass is 9.92. The fourth-order valence-corrected chi connectivity index (χ4v) is 3.53. The first kappa shape index (κ1) is 12.9. The monoisotopic (exact) mass is 252 g/mol. The number of hydrogen-bond acceptors (Lipinski definition) is 3. The third-order valence-corrected chi connectivity index (χ3v) is 4.94. The van der Waals surface area contributed by atoms with Gasteiger partial charge in [0.25, 0.3) is 0 Å². The molecule has 0 bridgehead atoms. The van der Waals surface area contributed by atoms with E-state index in [0.29, 0.717) is 11.8 Å². The van der Waals surface area contributed by atoms with Gasteiger partial charge in [-0.3, -0.25) is 0 Å². The summed E-state index contributed by atoms with van der Waals surface area (Å²) >= 11 is 1.93. The lowest BCUT2D eigenvalue weighted by Gasteiger charge is -2.22. The summed E-state index contributed by atoms with van der Waals surface area (Å²) in [6.45, 7) is 6.53. The van der Waals surface area contributed by atoms with Crippen LogP contribution in [0, 0.1) is 17.2 Å². The molecule has 3 heteroatoms. The van der Waals surface area contributed by atoms with Crippen molar-refractivity contribution in [2.24, 2.45) is 11.8 Å². The highest BCUT2D eigenvalue weighted by Gasteiger charge is 2.18. The lowest BCUT2D eigenvalue weighted by Crippen LogP contribution is -2.31. The van der Waals surface area contributed by atoms with Crippen LogP contribution < -0.4 is 5.32 Å². The third kappa shape index (κ3) is 3.46. The van der Waals surface area contributed by atoms with Crippen molar-refractivity contribution in [2.45, 2.75) is 26.7 Å². The van der Waals surface area contributed by atoms with Crippen LogP contribution in [0.3, 0.4) is 0 Å². The Morgan fingerprint density at radius 1 is 1.53 bits per heavy atom. The van der Waals surface area contributed by atoms with Gasteiger partial charge in [0.15, 0.2) is 0 Å². The summed E-state index contributed by atoms with van der Waals surface area (Å²) < 4.78 is 0. The molecule has 0 radical (unpaired) electrons.